The van der Waals surface area contributed by atoms with Gasteiger partial charge in [-0.25, -0.2) is 0 Å². The van der Waals surface area contributed by atoms with Gasteiger partial charge in [0.1, 0.15) is 12.4 Å². The highest BCUT2D eigenvalue weighted by atomic mass is 16.5. The zero-order valence-electron chi connectivity index (χ0n) is 10.6. The third kappa shape index (κ3) is 3.47. The van der Waals surface area contributed by atoms with Crippen LogP contribution < -0.4 is 4.74 Å². The number of rotatable bonds is 5. The minimum atomic E-state index is -0.337. The number of aliphatic hydroxyl groups excluding tert-OH is 1. The van der Waals surface area contributed by atoms with Gasteiger partial charge < -0.3 is 9.84 Å². The average molecular weight is 234 g/mol. The molecule has 0 saturated heterocycles. The van der Waals surface area contributed by atoms with E-state index in [4.69, 9.17) is 4.74 Å². The minimum Gasteiger partial charge on any atom is -0.491 e. The van der Waals surface area contributed by atoms with Crippen LogP contribution in [0.3, 0.4) is 0 Å². The molecular formula is C15H22O2. The maximum absolute atomic E-state index is 9.62. The Morgan fingerprint density at radius 2 is 2.00 bits per heavy atom. The van der Waals surface area contributed by atoms with Crippen molar-refractivity contribution in [3.8, 4) is 5.75 Å². The van der Waals surface area contributed by atoms with Gasteiger partial charge >= 0.3 is 0 Å². The molecule has 0 aliphatic heterocycles. The predicted molar refractivity (Wildman–Crippen MR) is 69.5 cm³/mol. The van der Waals surface area contributed by atoms with E-state index in [0.717, 1.165) is 18.6 Å². The van der Waals surface area contributed by atoms with Crippen LogP contribution in [0.25, 0.3) is 0 Å². The largest absolute Gasteiger partial charge is 0.491 e. The zero-order chi connectivity index (χ0) is 12.1. The highest BCUT2D eigenvalue weighted by molar-refractivity contribution is 5.37. The molecular weight excluding hydrogens is 212 g/mol. The van der Waals surface area contributed by atoms with Crippen LogP contribution in [0.15, 0.2) is 18.2 Å². The first-order valence-electron chi connectivity index (χ1n) is 6.72. The lowest BCUT2D eigenvalue weighted by Crippen LogP contribution is -2.17. The molecule has 1 aromatic rings. The molecule has 1 unspecified atom stereocenters. The van der Waals surface area contributed by atoms with Crippen molar-refractivity contribution in [1.29, 1.82) is 0 Å². The van der Waals surface area contributed by atoms with E-state index in [1.54, 1.807) is 0 Å². The van der Waals surface area contributed by atoms with Crippen molar-refractivity contribution in [1.82, 2.24) is 0 Å². The molecule has 1 atom stereocenters. The molecule has 1 aliphatic carbocycles. The first kappa shape index (κ1) is 12.4. The van der Waals surface area contributed by atoms with Crippen LogP contribution in [0.4, 0.5) is 0 Å². The SMILES string of the molecule is CCCC(O)COc1ccc2c(c1)CCCC2. The number of aliphatic hydroxyl groups is 1. The van der Waals surface area contributed by atoms with Crippen LogP contribution in [0.2, 0.25) is 0 Å². The molecule has 1 N–H and O–H groups in total. The second-order valence-electron chi connectivity index (χ2n) is 4.89. The van der Waals surface area contributed by atoms with Crippen molar-refractivity contribution in [2.75, 3.05) is 6.61 Å². The Hall–Kier alpha value is -1.02. The van der Waals surface area contributed by atoms with Crippen molar-refractivity contribution in [2.45, 2.75) is 51.6 Å². The van der Waals surface area contributed by atoms with Gasteiger partial charge in [-0.2, -0.15) is 0 Å². The fourth-order valence-corrected chi connectivity index (χ4v) is 2.41. The Morgan fingerprint density at radius 3 is 2.76 bits per heavy atom. The van der Waals surface area contributed by atoms with Crippen LogP contribution in [0, 0.1) is 0 Å². The summed E-state index contributed by atoms with van der Waals surface area (Å²) in [4.78, 5) is 0. The van der Waals surface area contributed by atoms with E-state index in [-0.39, 0.29) is 6.10 Å². The lowest BCUT2D eigenvalue weighted by Gasteiger charge is -2.17. The summed E-state index contributed by atoms with van der Waals surface area (Å²) in [7, 11) is 0. The monoisotopic (exact) mass is 234 g/mol. The van der Waals surface area contributed by atoms with E-state index >= 15 is 0 Å². The molecule has 17 heavy (non-hydrogen) atoms. The second kappa shape index (κ2) is 6.06. The Labute approximate surface area is 104 Å². The van der Waals surface area contributed by atoms with Gasteiger partial charge in [0, 0.05) is 0 Å². The summed E-state index contributed by atoms with van der Waals surface area (Å²) >= 11 is 0. The first-order valence-corrected chi connectivity index (χ1v) is 6.72. The molecule has 0 aromatic heterocycles. The summed E-state index contributed by atoms with van der Waals surface area (Å²) in [6, 6.07) is 6.35. The molecule has 2 rings (SSSR count). The first-order chi connectivity index (χ1) is 8.29. The Balaban J connectivity index is 1.93. The Kier molecular flexibility index (Phi) is 4.43. The van der Waals surface area contributed by atoms with Crippen LogP contribution >= 0.6 is 0 Å². The predicted octanol–water partition coefficient (Wildman–Crippen LogP) is 3.11. The van der Waals surface area contributed by atoms with E-state index in [2.05, 4.69) is 19.1 Å². The third-order valence-corrected chi connectivity index (χ3v) is 3.38. The van der Waals surface area contributed by atoms with Gasteiger partial charge in [-0.15, -0.1) is 0 Å². The van der Waals surface area contributed by atoms with Crippen molar-refractivity contribution in [3.63, 3.8) is 0 Å². The van der Waals surface area contributed by atoms with E-state index in [9.17, 15) is 5.11 Å². The average Bonchev–Trinajstić information content (AvgIpc) is 2.36. The summed E-state index contributed by atoms with van der Waals surface area (Å²) in [5, 5.41) is 9.62. The maximum atomic E-state index is 9.62. The van der Waals surface area contributed by atoms with Crippen LogP contribution in [0.1, 0.15) is 43.7 Å². The molecule has 0 radical (unpaired) electrons. The van der Waals surface area contributed by atoms with Crippen molar-refractivity contribution in [2.24, 2.45) is 0 Å². The summed E-state index contributed by atoms with van der Waals surface area (Å²) in [5.74, 6) is 0.904. The molecule has 0 fully saturated rings. The van der Waals surface area contributed by atoms with E-state index in [1.165, 1.54) is 36.8 Å². The number of hydrogen-bond acceptors (Lipinski definition) is 2. The van der Waals surface area contributed by atoms with Gasteiger partial charge in [-0.1, -0.05) is 19.4 Å². The number of benzene rings is 1. The van der Waals surface area contributed by atoms with Crippen molar-refractivity contribution < 1.29 is 9.84 Å². The van der Waals surface area contributed by atoms with Crippen molar-refractivity contribution in [3.05, 3.63) is 29.3 Å². The van der Waals surface area contributed by atoms with Gasteiger partial charge in [0.25, 0.3) is 0 Å². The van der Waals surface area contributed by atoms with E-state index in [0.29, 0.717) is 6.61 Å². The summed E-state index contributed by atoms with van der Waals surface area (Å²) in [6.45, 7) is 2.48. The normalized spacial score (nSPS) is 16.4. The van der Waals surface area contributed by atoms with Crippen molar-refractivity contribution >= 4 is 0 Å². The summed E-state index contributed by atoms with van der Waals surface area (Å²) in [5.41, 5.74) is 2.90. The summed E-state index contributed by atoms with van der Waals surface area (Å²) < 4.78 is 5.64. The fourth-order valence-electron chi connectivity index (χ4n) is 2.41. The third-order valence-electron chi connectivity index (χ3n) is 3.38. The number of aryl methyl sites for hydroxylation is 2. The van der Waals surface area contributed by atoms with E-state index < -0.39 is 0 Å². The molecule has 0 heterocycles. The maximum Gasteiger partial charge on any atom is 0.119 e. The molecule has 0 saturated carbocycles. The molecule has 2 nitrogen and oxygen atoms in total. The topological polar surface area (TPSA) is 29.5 Å². The molecule has 94 valence electrons. The highest BCUT2D eigenvalue weighted by Crippen LogP contribution is 2.25. The molecule has 0 bridgehead atoms. The lowest BCUT2D eigenvalue weighted by molar-refractivity contribution is 0.0993. The lowest BCUT2D eigenvalue weighted by atomic mass is 9.92. The summed E-state index contributed by atoms with van der Waals surface area (Å²) in [6.07, 6.45) is 6.44. The van der Waals surface area contributed by atoms with Gasteiger partial charge in [0.05, 0.1) is 6.10 Å². The van der Waals surface area contributed by atoms with Gasteiger partial charge in [-0.05, 0) is 55.4 Å². The molecule has 0 spiro atoms. The molecule has 1 aromatic carbocycles. The van der Waals surface area contributed by atoms with Crippen LogP contribution in [-0.2, 0) is 12.8 Å². The zero-order valence-corrected chi connectivity index (χ0v) is 10.6. The van der Waals surface area contributed by atoms with E-state index in [1.807, 2.05) is 6.07 Å². The molecule has 0 amide bonds. The Morgan fingerprint density at radius 1 is 1.24 bits per heavy atom. The standard InChI is InChI=1S/C15H22O2/c1-2-5-14(16)11-17-15-9-8-12-6-3-4-7-13(12)10-15/h8-10,14,16H,2-7,11H2,1H3. The minimum absolute atomic E-state index is 0.337. The highest BCUT2D eigenvalue weighted by Gasteiger charge is 2.10. The van der Waals surface area contributed by atoms with Gasteiger partial charge in [0.2, 0.25) is 0 Å². The van der Waals surface area contributed by atoms with Gasteiger partial charge in [-0.3, -0.25) is 0 Å². The molecule has 1 aliphatic rings. The fraction of sp³-hybridized carbons (Fsp3) is 0.600. The van der Waals surface area contributed by atoms with Gasteiger partial charge in [0.15, 0.2) is 0 Å². The quantitative estimate of drug-likeness (QED) is 0.848. The number of ether oxygens (including phenoxy) is 1. The van der Waals surface area contributed by atoms with Crippen LogP contribution in [-0.4, -0.2) is 17.8 Å². The van der Waals surface area contributed by atoms with Crippen LogP contribution in [0.5, 0.6) is 5.75 Å². The smallest absolute Gasteiger partial charge is 0.119 e. The number of fused-ring (bicyclic) bond motifs is 1. The molecule has 2 heteroatoms. The Bertz CT molecular complexity index is 360. The number of hydrogen-bond donors (Lipinski definition) is 1. The second-order valence-corrected chi connectivity index (χ2v) is 4.89.